The molecule has 0 aliphatic carbocycles. The first-order chi connectivity index (χ1) is 14.2. The molecule has 0 spiro atoms. The van der Waals surface area contributed by atoms with Gasteiger partial charge in [-0.1, -0.05) is 78.9 Å². The molecule has 0 radical (unpaired) electrons. The fourth-order valence-corrected chi connectivity index (χ4v) is 5.32. The van der Waals surface area contributed by atoms with Gasteiger partial charge in [-0.3, -0.25) is 4.57 Å². The second-order valence-corrected chi connectivity index (χ2v) is 8.95. The summed E-state index contributed by atoms with van der Waals surface area (Å²) < 4.78 is 19.8. The van der Waals surface area contributed by atoms with Crippen LogP contribution in [-0.4, -0.2) is 17.9 Å². The van der Waals surface area contributed by atoms with Gasteiger partial charge in [-0.2, -0.15) is 5.10 Å². The van der Waals surface area contributed by atoms with Gasteiger partial charge < -0.3 is 4.52 Å². The van der Waals surface area contributed by atoms with Gasteiger partial charge in [0.1, 0.15) is 0 Å². The molecule has 0 aromatic heterocycles. The van der Waals surface area contributed by atoms with E-state index in [9.17, 15) is 4.57 Å². The molecule has 4 rings (SSSR count). The molecule has 3 aromatic rings. The molecular formula is C23H20ClN2O2P. The summed E-state index contributed by atoms with van der Waals surface area (Å²) in [6.07, 6.45) is 0. The molecule has 1 aliphatic rings. The highest BCUT2D eigenvalue weighted by atomic mass is 35.5. The lowest BCUT2D eigenvalue weighted by Gasteiger charge is -2.31. The van der Waals surface area contributed by atoms with E-state index in [1.165, 1.54) is 0 Å². The van der Waals surface area contributed by atoms with Gasteiger partial charge in [-0.25, -0.2) is 5.01 Å². The second-order valence-electron chi connectivity index (χ2n) is 6.44. The van der Waals surface area contributed by atoms with Gasteiger partial charge in [-0.05, 0) is 12.1 Å². The molecule has 0 bridgehead atoms. The van der Waals surface area contributed by atoms with Gasteiger partial charge in [0.05, 0.1) is 18.0 Å². The molecule has 4 nitrogen and oxygen atoms in total. The van der Waals surface area contributed by atoms with Crippen molar-refractivity contribution < 1.29 is 9.09 Å². The molecule has 1 aliphatic heterocycles. The number of hydrazone groups is 1. The van der Waals surface area contributed by atoms with Crippen LogP contribution in [0.15, 0.2) is 102 Å². The average Bonchev–Trinajstić information content (AvgIpc) is 2.79. The van der Waals surface area contributed by atoms with E-state index < -0.39 is 7.37 Å². The first-order valence-electron chi connectivity index (χ1n) is 9.29. The number of hydrogen-bond acceptors (Lipinski definition) is 4. The fraction of sp³-hybridized carbons (Fsp3) is 0.0870. The number of hydrogen-bond donors (Lipinski definition) is 0. The first-order valence-corrected chi connectivity index (χ1v) is 11.5. The van der Waals surface area contributed by atoms with Crippen molar-refractivity contribution in [3.8, 4) is 0 Å². The summed E-state index contributed by atoms with van der Waals surface area (Å²) in [6, 6.07) is 29.1. The maximum Gasteiger partial charge on any atom is 0.276 e. The molecule has 146 valence electrons. The van der Waals surface area contributed by atoms with Crippen molar-refractivity contribution in [1.82, 2.24) is 0 Å². The fourth-order valence-electron chi connectivity index (χ4n) is 3.15. The van der Waals surface area contributed by atoms with Crippen LogP contribution < -0.4 is 5.01 Å². The maximum absolute atomic E-state index is 14.0. The maximum atomic E-state index is 14.0. The Morgan fingerprint density at radius 1 is 0.828 bits per heavy atom. The molecule has 0 saturated heterocycles. The van der Waals surface area contributed by atoms with Crippen LogP contribution in [0, 0.1) is 0 Å². The number of anilines is 1. The van der Waals surface area contributed by atoms with Crippen molar-refractivity contribution >= 4 is 35.8 Å². The van der Waals surface area contributed by atoms with Crippen molar-refractivity contribution in [2.45, 2.75) is 0 Å². The highest BCUT2D eigenvalue weighted by molar-refractivity contribution is 7.80. The molecule has 0 amide bonds. The Hall–Kier alpha value is -2.65. The zero-order chi connectivity index (χ0) is 20.1. The van der Waals surface area contributed by atoms with Gasteiger partial charge in [0.2, 0.25) is 0 Å². The molecule has 29 heavy (non-hydrogen) atoms. The lowest BCUT2D eigenvalue weighted by molar-refractivity contribution is 0.351. The van der Waals surface area contributed by atoms with Crippen molar-refractivity contribution in [1.29, 1.82) is 0 Å². The van der Waals surface area contributed by atoms with Crippen LogP contribution in [0.25, 0.3) is 5.70 Å². The number of alkyl halides is 1. The van der Waals surface area contributed by atoms with Gasteiger partial charge in [0.25, 0.3) is 7.37 Å². The van der Waals surface area contributed by atoms with E-state index >= 15 is 0 Å². The SMILES string of the molecule is O=[P@]1(OCCCl)C=C(c2ccccc2)N(c2ccccc2)N=C1c1ccccc1. The van der Waals surface area contributed by atoms with E-state index in [1.807, 2.05) is 96.0 Å². The number of rotatable bonds is 6. The Morgan fingerprint density at radius 2 is 1.38 bits per heavy atom. The van der Waals surface area contributed by atoms with Crippen LogP contribution in [0.4, 0.5) is 5.69 Å². The number of nitrogens with zero attached hydrogens (tertiary/aromatic N) is 2. The highest BCUT2D eigenvalue weighted by Gasteiger charge is 2.36. The van der Waals surface area contributed by atoms with Gasteiger partial charge >= 0.3 is 0 Å². The number of para-hydroxylation sites is 1. The van der Waals surface area contributed by atoms with Crippen LogP contribution in [0.1, 0.15) is 11.1 Å². The largest absolute Gasteiger partial charge is 0.320 e. The molecule has 0 saturated carbocycles. The summed E-state index contributed by atoms with van der Waals surface area (Å²) in [5.41, 5.74) is 3.66. The van der Waals surface area contributed by atoms with Crippen LogP contribution in [-0.2, 0) is 9.09 Å². The molecule has 1 atom stereocenters. The topological polar surface area (TPSA) is 41.9 Å². The summed E-state index contributed by atoms with van der Waals surface area (Å²) in [5.74, 6) is 1.96. The number of halogens is 1. The molecule has 3 aromatic carbocycles. The predicted molar refractivity (Wildman–Crippen MR) is 121 cm³/mol. The first kappa shape index (κ1) is 19.7. The minimum absolute atomic E-state index is 0.175. The number of benzene rings is 3. The second kappa shape index (κ2) is 8.79. The molecular weight excluding hydrogens is 403 g/mol. The molecule has 1 heterocycles. The third kappa shape index (κ3) is 4.20. The lowest BCUT2D eigenvalue weighted by Crippen LogP contribution is -2.23. The summed E-state index contributed by atoms with van der Waals surface area (Å²) in [5, 5.41) is 6.65. The Labute approximate surface area is 175 Å². The van der Waals surface area contributed by atoms with Crippen LogP contribution in [0.5, 0.6) is 0 Å². The zero-order valence-electron chi connectivity index (χ0n) is 15.7. The van der Waals surface area contributed by atoms with Gasteiger partial charge in [0.15, 0.2) is 5.45 Å². The van der Waals surface area contributed by atoms with E-state index in [-0.39, 0.29) is 12.5 Å². The van der Waals surface area contributed by atoms with E-state index in [2.05, 4.69) is 0 Å². The van der Waals surface area contributed by atoms with Crippen molar-refractivity contribution in [3.63, 3.8) is 0 Å². The monoisotopic (exact) mass is 422 g/mol. The standard InChI is InChI=1S/C23H20ClN2O2P/c24-16-17-28-29(27)18-22(19-10-4-1-5-11-19)26(21-14-8-3-9-15-21)25-23(29)20-12-6-2-7-13-20/h1-15,18H,16-17H2/t29-/m0/s1. The van der Waals surface area contributed by atoms with Gasteiger partial charge in [-0.15, -0.1) is 11.6 Å². The molecule has 0 N–H and O–H groups in total. The Balaban J connectivity index is 1.91. The van der Waals surface area contributed by atoms with Crippen LogP contribution in [0.2, 0.25) is 0 Å². The predicted octanol–water partition coefficient (Wildman–Crippen LogP) is 6.40. The third-order valence-corrected chi connectivity index (χ3v) is 6.72. The minimum atomic E-state index is -3.38. The van der Waals surface area contributed by atoms with Crippen LogP contribution >= 0.6 is 19.0 Å². The summed E-state index contributed by atoms with van der Waals surface area (Å²) in [6.45, 7) is 0.175. The van der Waals surface area contributed by atoms with E-state index in [1.54, 1.807) is 5.82 Å². The summed E-state index contributed by atoms with van der Waals surface area (Å²) in [4.78, 5) is 0. The average molecular weight is 423 g/mol. The normalized spacial score (nSPS) is 18.9. The van der Waals surface area contributed by atoms with Crippen molar-refractivity contribution in [2.24, 2.45) is 5.10 Å². The molecule has 6 heteroatoms. The van der Waals surface area contributed by atoms with Crippen molar-refractivity contribution in [3.05, 3.63) is 108 Å². The molecule has 0 unspecified atom stereocenters. The summed E-state index contributed by atoms with van der Waals surface area (Å²) >= 11 is 5.84. The third-order valence-electron chi connectivity index (χ3n) is 4.47. The van der Waals surface area contributed by atoms with Gasteiger partial charge in [0, 0.05) is 22.8 Å². The quantitative estimate of drug-likeness (QED) is 0.341. The highest BCUT2D eigenvalue weighted by Crippen LogP contribution is 2.57. The Kier molecular flexibility index (Phi) is 5.96. The van der Waals surface area contributed by atoms with Crippen molar-refractivity contribution in [2.75, 3.05) is 17.5 Å². The van der Waals surface area contributed by atoms with E-state index in [0.29, 0.717) is 5.45 Å². The summed E-state index contributed by atoms with van der Waals surface area (Å²) in [7, 11) is -3.38. The Bertz CT molecular complexity index is 1070. The lowest BCUT2D eigenvalue weighted by atomic mass is 10.1. The van der Waals surface area contributed by atoms with E-state index in [0.717, 1.165) is 22.5 Å². The smallest absolute Gasteiger partial charge is 0.276 e. The van der Waals surface area contributed by atoms with E-state index in [4.69, 9.17) is 21.2 Å². The Morgan fingerprint density at radius 3 is 1.97 bits per heavy atom. The van der Waals surface area contributed by atoms with Crippen LogP contribution in [0.3, 0.4) is 0 Å². The molecule has 0 fully saturated rings. The zero-order valence-corrected chi connectivity index (χ0v) is 17.3. The minimum Gasteiger partial charge on any atom is -0.320 e.